The molecule has 2 nitrogen and oxygen atoms in total. The van der Waals surface area contributed by atoms with Crippen LogP contribution < -0.4 is 5.32 Å². The Balaban J connectivity index is 2.29. The SMILES string of the molecule is CCCNC(c1ccc(CC)o1)c1ccc(C(C)(C)C)s1. The van der Waals surface area contributed by atoms with Crippen LogP contribution in [0.3, 0.4) is 0 Å². The van der Waals surface area contributed by atoms with Gasteiger partial charge in [-0.1, -0.05) is 34.6 Å². The van der Waals surface area contributed by atoms with Gasteiger partial charge in [0, 0.05) is 16.2 Å². The van der Waals surface area contributed by atoms with Crippen LogP contribution in [0.5, 0.6) is 0 Å². The second-order valence-corrected chi connectivity index (χ2v) is 7.61. The number of aryl methyl sites for hydroxylation is 1. The van der Waals surface area contributed by atoms with Gasteiger partial charge in [0.2, 0.25) is 0 Å². The third kappa shape index (κ3) is 3.98. The minimum atomic E-state index is 0.173. The number of hydrogen-bond acceptors (Lipinski definition) is 3. The fourth-order valence-electron chi connectivity index (χ4n) is 2.28. The molecule has 0 saturated carbocycles. The van der Waals surface area contributed by atoms with Crippen molar-refractivity contribution in [3.05, 3.63) is 45.5 Å². The summed E-state index contributed by atoms with van der Waals surface area (Å²) in [7, 11) is 0. The molecule has 21 heavy (non-hydrogen) atoms. The van der Waals surface area contributed by atoms with Crippen LogP contribution >= 0.6 is 11.3 Å². The van der Waals surface area contributed by atoms with Gasteiger partial charge in [-0.2, -0.15) is 0 Å². The summed E-state index contributed by atoms with van der Waals surface area (Å²) in [5, 5.41) is 3.62. The van der Waals surface area contributed by atoms with Gasteiger partial charge in [-0.25, -0.2) is 0 Å². The molecule has 1 unspecified atom stereocenters. The molecular weight excluding hydrogens is 278 g/mol. The number of nitrogens with one attached hydrogen (secondary N) is 1. The molecule has 116 valence electrons. The summed E-state index contributed by atoms with van der Waals surface area (Å²) >= 11 is 1.89. The lowest BCUT2D eigenvalue weighted by atomic mass is 9.95. The average Bonchev–Trinajstić information content (AvgIpc) is 3.07. The molecule has 2 rings (SSSR count). The summed E-state index contributed by atoms with van der Waals surface area (Å²) in [6.45, 7) is 12.1. The summed E-state index contributed by atoms with van der Waals surface area (Å²) in [5.41, 5.74) is 0.204. The van der Waals surface area contributed by atoms with Crippen molar-refractivity contribution in [1.29, 1.82) is 0 Å². The molecule has 0 radical (unpaired) electrons. The van der Waals surface area contributed by atoms with Crippen molar-refractivity contribution >= 4 is 11.3 Å². The fraction of sp³-hybridized carbons (Fsp3) is 0.556. The van der Waals surface area contributed by atoms with E-state index in [9.17, 15) is 0 Å². The van der Waals surface area contributed by atoms with Crippen molar-refractivity contribution in [3.8, 4) is 0 Å². The van der Waals surface area contributed by atoms with Crippen LogP contribution in [0.1, 0.15) is 68.4 Å². The highest BCUT2D eigenvalue weighted by Gasteiger charge is 2.22. The standard InChI is InChI=1S/C18H27NOS/c1-6-12-19-17(14-9-8-13(7-2)20-14)15-10-11-16(21-15)18(3,4)5/h8-11,17,19H,6-7,12H2,1-5H3. The van der Waals surface area contributed by atoms with Crippen molar-refractivity contribution in [2.45, 2.75) is 58.9 Å². The van der Waals surface area contributed by atoms with Gasteiger partial charge in [0.15, 0.2) is 0 Å². The van der Waals surface area contributed by atoms with Crippen molar-refractivity contribution in [2.75, 3.05) is 6.54 Å². The zero-order valence-corrected chi connectivity index (χ0v) is 14.6. The third-order valence-corrected chi connectivity index (χ3v) is 5.14. The Morgan fingerprint density at radius 1 is 1.14 bits per heavy atom. The van der Waals surface area contributed by atoms with E-state index in [1.165, 1.54) is 9.75 Å². The predicted molar refractivity (Wildman–Crippen MR) is 91.2 cm³/mol. The predicted octanol–water partition coefficient (Wildman–Crippen LogP) is 5.29. The molecule has 0 fully saturated rings. The second kappa shape index (κ2) is 6.80. The van der Waals surface area contributed by atoms with E-state index in [4.69, 9.17) is 4.42 Å². The first-order chi connectivity index (χ1) is 9.95. The lowest BCUT2D eigenvalue weighted by Gasteiger charge is -2.17. The van der Waals surface area contributed by atoms with Crippen LogP contribution in [0.25, 0.3) is 0 Å². The number of furan rings is 1. The van der Waals surface area contributed by atoms with E-state index in [1.807, 2.05) is 11.3 Å². The van der Waals surface area contributed by atoms with Crippen molar-refractivity contribution in [1.82, 2.24) is 5.32 Å². The van der Waals surface area contributed by atoms with Crippen molar-refractivity contribution in [3.63, 3.8) is 0 Å². The molecule has 0 aliphatic rings. The van der Waals surface area contributed by atoms with Gasteiger partial charge < -0.3 is 9.73 Å². The van der Waals surface area contributed by atoms with Crippen LogP contribution in [0.4, 0.5) is 0 Å². The molecule has 0 bridgehead atoms. The highest BCUT2D eigenvalue weighted by Crippen LogP contribution is 2.35. The molecule has 0 saturated heterocycles. The highest BCUT2D eigenvalue weighted by atomic mass is 32.1. The van der Waals surface area contributed by atoms with Gasteiger partial charge in [-0.3, -0.25) is 0 Å². The summed E-state index contributed by atoms with van der Waals surface area (Å²) in [5.74, 6) is 2.09. The maximum absolute atomic E-state index is 5.99. The second-order valence-electron chi connectivity index (χ2n) is 6.50. The maximum Gasteiger partial charge on any atom is 0.126 e. The minimum Gasteiger partial charge on any atom is -0.464 e. The van der Waals surface area contributed by atoms with Crippen LogP contribution in [0.2, 0.25) is 0 Å². The first kappa shape index (κ1) is 16.3. The van der Waals surface area contributed by atoms with E-state index in [0.717, 1.165) is 30.9 Å². The summed E-state index contributed by atoms with van der Waals surface area (Å²) in [4.78, 5) is 2.76. The zero-order chi connectivity index (χ0) is 15.5. The summed E-state index contributed by atoms with van der Waals surface area (Å²) < 4.78 is 5.99. The van der Waals surface area contributed by atoms with E-state index in [0.29, 0.717) is 0 Å². The van der Waals surface area contributed by atoms with Crippen LogP contribution in [0, 0.1) is 0 Å². The largest absolute Gasteiger partial charge is 0.464 e. The molecule has 0 aliphatic heterocycles. The smallest absolute Gasteiger partial charge is 0.126 e. The van der Waals surface area contributed by atoms with Gasteiger partial charge in [0.05, 0.1) is 0 Å². The molecule has 0 spiro atoms. The van der Waals surface area contributed by atoms with Crippen LogP contribution in [-0.2, 0) is 11.8 Å². The van der Waals surface area contributed by atoms with E-state index in [1.54, 1.807) is 0 Å². The molecule has 0 aromatic carbocycles. The number of hydrogen-bond donors (Lipinski definition) is 1. The van der Waals surface area contributed by atoms with Crippen molar-refractivity contribution < 1.29 is 4.42 Å². The average molecular weight is 305 g/mol. The number of thiophene rings is 1. The molecule has 1 atom stereocenters. The zero-order valence-electron chi connectivity index (χ0n) is 13.8. The Bertz CT molecular complexity index is 562. The Hall–Kier alpha value is -1.06. The fourth-order valence-corrected chi connectivity index (χ4v) is 3.43. The summed E-state index contributed by atoms with van der Waals surface area (Å²) in [6.07, 6.45) is 2.06. The van der Waals surface area contributed by atoms with Crippen LogP contribution in [-0.4, -0.2) is 6.54 Å². The molecule has 2 aromatic heterocycles. The molecule has 3 heteroatoms. The number of rotatable bonds is 6. The highest BCUT2D eigenvalue weighted by molar-refractivity contribution is 7.12. The van der Waals surface area contributed by atoms with Gasteiger partial charge in [-0.15, -0.1) is 11.3 Å². The summed E-state index contributed by atoms with van der Waals surface area (Å²) in [6, 6.07) is 8.87. The maximum atomic E-state index is 5.99. The first-order valence-electron chi connectivity index (χ1n) is 7.88. The van der Waals surface area contributed by atoms with Gasteiger partial charge in [0.25, 0.3) is 0 Å². The van der Waals surface area contributed by atoms with E-state index in [2.05, 4.69) is 64.2 Å². The topological polar surface area (TPSA) is 25.2 Å². The quantitative estimate of drug-likeness (QED) is 0.784. The minimum absolute atomic E-state index is 0.173. The Morgan fingerprint density at radius 3 is 2.43 bits per heavy atom. The third-order valence-electron chi connectivity index (χ3n) is 3.56. The molecule has 2 aromatic rings. The van der Waals surface area contributed by atoms with Crippen LogP contribution in [0.15, 0.2) is 28.7 Å². The molecule has 1 N–H and O–H groups in total. The first-order valence-corrected chi connectivity index (χ1v) is 8.69. The van der Waals surface area contributed by atoms with Gasteiger partial charge in [0.1, 0.15) is 17.6 Å². The van der Waals surface area contributed by atoms with Gasteiger partial charge >= 0.3 is 0 Å². The lowest BCUT2D eigenvalue weighted by Crippen LogP contribution is -2.22. The van der Waals surface area contributed by atoms with Crippen molar-refractivity contribution in [2.24, 2.45) is 0 Å². The van der Waals surface area contributed by atoms with E-state index >= 15 is 0 Å². The monoisotopic (exact) mass is 305 g/mol. The Kier molecular flexibility index (Phi) is 5.28. The molecule has 0 aliphatic carbocycles. The molecule has 0 amide bonds. The molecule has 2 heterocycles. The lowest BCUT2D eigenvalue weighted by molar-refractivity contribution is 0.424. The van der Waals surface area contributed by atoms with E-state index in [-0.39, 0.29) is 11.5 Å². The van der Waals surface area contributed by atoms with Gasteiger partial charge in [-0.05, 0) is 42.6 Å². The normalized spacial score (nSPS) is 13.6. The Morgan fingerprint density at radius 2 is 1.90 bits per heavy atom. The Labute approximate surface area is 132 Å². The van der Waals surface area contributed by atoms with E-state index < -0.39 is 0 Å². The molecular formula is C18H27NOS.